The molecule has 5 rings (SSSR count). The molecule has 2 aromatic rings. The van der Waals surface area contributed by atoms with Gasteiger partial charge in [0.05, 0.1) is 40.2 Å². The number of ether oxygens (including phenoxy) is 1. The Morgan fingerprint density at radius 2 is 1.87 bits per heavy atom. The highest BCUT2D eigenvalue weighted by Gasteiger charge is 2.48. The van der Waals surface area contributed by atoms with Gasteiger partial charge in [0, 0.05) is 69.3 Å². The number of nitrogens with zero attached hydrogens (tertiary/aromatic N) is 5. The molecule has 4 amide bonds. The van der Waals surface area contributed by atoms with Crippen LogP contribution in [-0.4, -0.2) is 122 Å². The number of carboxylic acids is 1. The Morgan fingerprint density at radius 1 is 1.09 bits per heavy atom. The van der Waals surface area contributed by atoms with E-state index >= 15 is 0 Å². The number of amides is 4. The van der Waals surface area contributed by atoms with Crippen LogP contribution < -0.4 is 9.64 Å². The van der Waals surface area contributed by atoms with Crippen LogP contribution in [0.3, 0.4) is 0 Å². The van der Waals surface area contributed by atoms with Gasteiger partial charge in [-0.05, 0) is 42.2 Å². The van der Waals surface area contributed by atoms with Crippen molar-refractivity contribution < 1.29 is 33.5 Å². The molecule has 11 nitrogen and oxygen atoms in total. The predicted molar refractivity (Wildman–Crippen MR) is 179 cm³/mol. The van der Waals surface area contributed by atoms with Crippen molar-refractivity contribution >= 4 is 29.5 Å². The largest absolute Gasteiger partial charge is 0.493 e. The molecule has 0 spiro atoms. The summed E-state index contributed by atoms with van der Waals surface area (Å²) in [5.74, 6) is -1.67. The second-order valence-electron chi connectivity index (χ2n) is 14.2. The summed E-state index contributed by atoms with van der Waals surface area (Å²) >= 11 is 0. The number of carbonyl (C=O) groups is 4. The van der Waals surface area contributed by atoms with Gasteiger partial charge in [-0.2, -0.15) is 0 Å². The zero-order chi connectivity index (χ0) is 33.9. The molecule has 3 aliphatic rings. The van der Waals surface area contributed by atoms with Gasteiger partial charge in [0.15, 0.2) is 0 Å². The third kappa shape index (κ3) is 7.96. The van der Waals surface area contributed by atoms with E-state index < -0.39 is 17.9 Å². The molecule has 0 saturated carbocycles. The van der Waals surface area contributed by atoms with E-state index in [4.69, 9.17) is 4.74 Å². The molecule has 3 atom stereocenters. The van der Waals surface area contributed by atoms with E-state index in [0.29, 0.717) is 26.2 Å². The molecule has 2 aromatic carbocycles. The van der Waals surface area contributed by atoms with Gasteiger partial charge >= 0.3 is 12.0 Å². The van der Waals surface area contributed by atoms with Crippen LogP contribution in [0.5, 0.6) is 5.75 Å². The summed E-state index contributed by atoms with van der Waals surface area (Å²) in [7, 11) is 8.06. The Hall–Kier alpha value is -3.96. The molecule has 1 N–H and O–H groups in total. The number of likely N-dealkylation sites (tertiary alicyclic amines) is 1. The van der Waals surface area contributed by atoms with Gasteiger partial charge in [-0.3, -0.25) is 24.2 Å². The van der Waals surface area contributed by atoms with Crippen LogP contribution in [0.4, 0.5) is 10.5 Å². The summed E-state index contributed by atoms with van der Waals surface area (Å²) in [6.07, 6.45) is 3.02. The molecule has 47 heavy (non-hydrogen) atoms. The second kappa shape index (κ2) is 14.4. The molecule has 3 heterocycles. The Morgan fingerprint density at radius 3 is 2.60 bits per heavy atom. The van der Waals surface area contributed by atoms with E-state index in [1.165, 1.54) is 9.80 Å². The van der Waals surface area contributed by atoms with Crippen LogP contribution >= 0.6 is 0 Å². The summed E-state index contributed by atoms with van der Waals surface area (Å²) in [5.41, 5.74) is 3.94. The van der Waals surface area contributed by atoms with E-state index in [2.05, 4.69) is 40.2 Å². The summed E-state index contributed by atoms with van der Waals surface area (Å²) in [6.45, 7) is 4.93. The molecule has 0 bridgehead atoms. The van der Waals surface area contributed by atoms with Crippen molar-refractivity contribution in [2.24, 2.45) is 5.92 Å². The zero-order valence-corrected chi connectivity index (χ0v) is 28.5. The second-order valence-corrected chi connectivity index (χ2v) is 14.2. The van der Waals surface area contributed by atoms with Crippen LogP contribution in [-0.2, 0) is 27.3 Å². The lowest BCUT2D eigenvalue weighted by atomic mass is 9.83. The monoisotopic (exact) mass is 648 g/mol. The minimum absolute atomic E-state index is 0.0318. The molecule has 3 aliphatic heterocycles. The number of imide groups is 1. The fourth-order valence-corrected chi connectivity index (χ4v) is 7.26. The summed E-state index contributed by atoms with van der Waals surface area (Å²) in [4.78, 5) is 59.5. The number of urea groups is 1. The van der Waals surface area contributed by atoms with Gasteiger partial charge in [-0.25, -0.2) is 4.79 Å². The SMILES string of the molecule is CCCCN(C(=O)CN1C[C@H](c2ccc3c(c2)CCO3)[C@@H](C(=O)O)[C@@H]1CCN1C(=O)CCN(C)C1=O)c1cccc(C[N+](C)(C)C)c1. The van der Waals surface area contributed by atoms with Crippen LogP contribution in [0.2, 0.25) is 0 Å². The van der Waals surface area contributed by atoms with E-state index in [0.717, 1.165) is 58.4 Å². The van der Waals surface area contributed by atoms with Gasteiger partial charge < -0.3 is 24.1 Å². The smallest absolute Gasteiger partial charge is 0.326 e. The first-order valence-electron chi connectivity index (χ1n) is 16.8. The fraction of sp³-hybridized carbons (Fsp3) is 0.556. The number of fused-ring (bicyclic) bond motifs is 1. The highest BCUT2D eigenvalue weighted by atomic mass is 16.5. The van der Waals surface area contributed by atoms with Crippen LogP contribution in [0.1, 0.15) is 55.2 Å². The molecule has 0 aromatic heterocycles. The van der Waals surface area contributed by atoms with E-state index in [1.54, 1.807) is 7.05 Å². The lowest BCUT2D eigenvalue weighted by molar-refractivity contribution is -0.884. The summed E-state index contributed by atoms with van der Waals surface area (Å²) in [5, 5.41) is 10.7. The molecule has 0 unspecified atom stereocenters. The highest BCUT2D eigenvalue weighted by Crippen LogP contribution is 2.41. The van der Waals surface area contributed by atoms with Crippen molar-refractivity contribution in [3.63, 3.8) is 0 Å². The Labute approximate surface area is 278 Å². The van der Waals surface area contributed by atoms with E-state index in [1.807, 2.05) is 40.1 Å². The average Bonchev–Trinajstić information content (AvgIpc) is 3.63. The molecule has 254 valence electrons. The summed E-state index contributed by atoms with van der Waals surface area (Å²) in [6, 6.07) is 13.1. The van der Waals surface area contributed by atoms with Crippen molar-refractivity contribution in [2.45, 2.75) is 57.5 Å². The normalized spacial score (nSPS) is 21.6. The number of unbranched alkanes of at least 4 members (excludes halogenated alkanes) is 1. The molecule has 0 aliphatic carbocycles. The number of quaternary nitrogens is 1. The maximum absolute atomic E-state index is 14.3. The zero-order valence-electron chi connectivity index (χ0n) is 28.5. The van der Waals surface area contributed by atoms with Gasteiger partial charge in [0.25, 0.3) is 0 Å². The fourth-order valence-electron chi connectivity index (χ4n) is 7.26. The van der Waals surface area contributed by atoms with Crippen LogP contribution in [0.25, 0.3) is 0 Å². The third-order valence-corrected chi connectivity index (χ3v) is 9.60. The molecule has 0 radical (unpaired) electrons. The lowest BCUT2D eigenvalue weighted by Gasteiger charge is -2.34. The van der Waals surface area contributed by atoms with Crippen LogP contribution in [0, 0.1) is 5.92 Å². The maximum Gasteiger partial charge on any atom is 0.326 e. The Bertz CT molecular complexity index is 1490. The Balaban J connectivity index is 1.45. The van der Waals surface area contributed by atoms with Crippen molar-refractivity contribution in [1.29, 1.82) is 0 Å². The van der Waals surface area contributed by atoms with Crippen LogP contribution in [0.15, 0.2) is 42.5 Å². The molecular weight excluding hydrogens is 598 g/mol. The number of hydrogen-bond acceptors (Lipinski definition) is 6. The highest BCUT2D eigenvalue weighted by molar-refractivity contribution is 5.97. The third-order valence-electron chi connectivity index (χ3n) is 9.60. The van der Waals surface area contributed by atoms with E-state index in [9.17, 15) is 24.3 Å². The molecule has 2 saturated heterocycles. The van der Waals surface area contributed by atoms with Gasteiger partial charge in [-0.15, -0.1) is 0 Å². The van der Waals surface area contributed by atoms with Crippen molar-refractivity contribution in [2.75, 3.05) is 72.4 Å². The number of carbonyl (C=O) groups excluding carboxylic acids is 3. The van der Waals surface area contributed by atoms with E-state index in [-0.39, 0.29) is 49.7 Å². The van der Waals surface area contributed by atoms with Gasteiger partial charge in [-0.1, -0.05) is 37.6 Å². The maximum atomic E-state index is 14.3. The van der Waals surface area contributed by atoms with Gasteiger partial charge in [0.1, 0.15) is 12.3 Å². The first-order valence-corrected chi connectivity index (χ1v) is 16.8. The van der Waals surface area contributed by atoms with Crippen molar-refractivity contribution in [3.05, 3.63) is 59.2 Å². The minimum atomic E-state index is -0.948. The number of anilines is 1. The van der Waals surface area contributed by atoms with Crippen molar-refractivity contribution in [1.82, 2.24) is 14.7 Å². The first-order chi connectivity index (χ1) is 22.4. The Kier molecular flexibility index (Phi) is 10.6. The number of rotatable bonds is 13. The average molecular weight is 649 g/mol. The topological polar surface area (TPSA) is 111 Å². The minimum Gasteiger partial charge on any atom is -0.493 e. The summed E-state index contributed by atoms with van der Waals surface area (Å²) < 4.78 is 6.46. The van der Waals surface area contributed by atoms with Crippen molar-refractivity contribution in [3.8, 4) is 5.75 Å². The predicted octanol–water partition coefficient (Wildman–Crippen LogP) is 3.80. The quantitative estimate of drug-likeness (QED) is 0.329. The molecular formula is C36H50N5O6+. The number of benzene rings is 2. The molecule has 11 heteroatoms. The number of aliphatic carboxylic acids is 1. The number of hydrogen-bond donors (Lipinski definition) is 1. The number of carboxylic acid groups (broad SMARTS) is 1. The standard InChI is InChI=1S/C36H49N5O6/c1-6-7-16-39(28-10-8-9-25(20-28)24-41(3,4)5)33(43)23-38-22-29(26-11-12-31-27(21-26)15-19-47-31)34(35(44)45)30(38)13-18-40-32(42)14-17-37(2)36(40)46/h8-12,20-21,29-30,34H,6-7,13-19,22-24H2,1-5H3/p+1/t29-,30+,34-/m1/s1. The molecule has 2 fully saturated rings. The van der Waals surface area contributed by atoms with Gasteiger partial charge in [0.2, 0.25) is 11.8 Å². The first kappa shape index (κ1) is 34.4. The lowest BCUT2D eigenvalue weighted by Crippen LogP contribution is -2.52.